The Morgan fingerprint density at radius 2 is 1.76 bits per heavy atom. The first-order chi connectivity index (χ1) is 31.4. The van der Waals surface area contributed by atoms with Crippen LogP contribution in [0.4, 0.5) is 22.4 Å². The summed E-state index contributed by atoms with van der Waals surface area (Å²) in [6.45, 7) is 7.74. The summed E-state index contributed by atoms with van der Waals surface area (Å²) in [7, 11) is -2.60. The summed E-state index contributed by atoms with van der Waals surface area (Å²) in [5.41, 5.74) is -4.26. The van der Waals surface area contributed by atoms with E-state index in [9.17, 15) is 41.1 Å². The van der Waals surface area contributed by atoms with Crippen molar-refractivity contribution in [1.82, 2.24) is 24.8 Å². The van der Waals surface area contributed by atoms with Gasteiger partial charge in [0.25, 0.3) is 5.91 Å². The molecule has 4 amide bonds. The van der Waals surface area contributed by atoms with Gasteiger partial charge in [0.2, 0.25) is 27.7 Å². The van der Waals surface area contributed by atoms with Crippen molar-refractivity contribution in [2.75, 3.05) is 13.7 Å². The van der Waals surface area contributed by atoms with E-state index in [-0.39, 0.29) is 53.5 Å². The first-order valence-electron chi connectivity index (χ1n) is 22.4. The van der Waals surface area contributed by atoms with Crippen LogP contribution in [-0.2, 0) is 24.4 Å². The number of alkyl halides is 3. The van der Waals surface area contributed by atoms with E-state index >= 15 is 9.18 Å². The van der Waals surface area contributed by atoms with Gasteiger partial charge in [0.05, 0.1) is 30.7 Å². The SMILES string of the molecule is COc1ccc2c(O[C@@H]3C[C@H]4C(=O)N[C@]5(C(=O)NS(=O)(=O)C6CC6)C[C@H]5C=CCC[C@@H](C)C[C@@H](C)[C@H](N(C(=O)O)C(C)(C)C(F)(F)F)C(=O)N4C3)nc(-c3ccc(OC(C)C)c(F)c3)cc2c1. The highest BCUT2D eigenvalue weighted by Crippen LogP contribution is 2.47. The standard InChI is InChI=1S/C47H57F4N5O10S/c1-25(2)65-38-17-12-28(20-35(38)48)36-21-29-19-31(64-7)13-16-34(29)41(52-36)66-32-22-37-40(57)53-46(43(59)54-67(62,63)33-14-15-33)23-30(46)11-9-8-10-26(3)18-27(4)39(42(58)55(37)24-32)56(44(60)61)45(5,6)47(49,50)51/h9,11-13,16-17,19-21,25-27,30,32-33,37,39H,8,10,14-15,18,22-24H2,1-7H3,(H,53,57)(H,54,59)(H,60,61)/t26-,27-,30-,32-,37+,39+,46-/m1/s1. The van der Waals surface area contributed by atoms with Gasteiger partial charge in [-0.15, -0.1) is 0 Å². The number of hydrogen-bond acceptors (Lipinski definition) is 10. The highest BCUT2D eigenvalue weighted by atomic mass is 32.2. The third-order valence-electron chi connectivity index (χ3n) is 13.2. The highest BCUT2D eigenvalue weighted by Gasteiger charge is 2.63. The predicted molar refractivity (Wildman–Crippen MR) is 238 cm³/mol. The molecule has 2 saturated carbocycles. The second-order valence-corrected chi connectivity index (χ2v) is 21.1. The van der Waals surface area contributed by atoms with Gasteiger partial charge < -0.3 is 29.5 Å². The van der Waals surface area contributed by atoms with E-state index < -0.39 is 98.7 Å². The average Bonchev–Trinajstić information content (AvgIpc) is 4.17. The Labute approximate surface area is 386 Å². The Kier molecular flexibility index (Phi) is 13.6. The number of carbonyl (C=O) groups is 4. The fourth-order valence-electron chi connectivity index (χ4n) is 9.22. The number of fused-ring (bicyclic) bond motifs is 3. The van der Waals surface area contributed by atoms with Crippen molar-refractivity contribution in [2.45, 2.75) is 133 Å². The lowest BCUT2D eigenvalue weighted by atomic mass is 9.85. The van der Waals surface area contributed by atoms with Gasteiger partial charge in [-0.3, -0.25) is 24.0 Å². The maximum absolute atomic E-state index is 15.4. The molecular formula is C47H57F4N5O10S. The van der Waals surface area contributed by atoms with Gasteiger partial charge >= 0.3 is 12.3 Å². The Bertz CT molecular complexity index is 2570. The normalized spacial score (nSPS) is 26.2. The predicted octanol–water partition coefficient (Wildman–Crippen LogP) is 7.37. The van der Waals surface area contributed by atoms with Crippen LogP contribution in [0.1, 0.15) is 86.5 Å². The fourth-order valence-corrected chi connectivity index (χ4v) is 10.6. The molecule has 3 N–H and O–H groups in total. The first-order valence-corrected chi connectivity index (χ1v) is 24.0. The van der Waals surface area contributed by atoms with Gasteiger partial charge in [0, 0.05) is 23.3 Å². The lowest BCUT2D eigenvalue weighted by Gasteiger charge is -2.45. The van der Waals surface area contributed by atoms with Crippen LogP contribution in [0.25, 0.3) is 22.0 Å². The zero-order valence-electron chi connectivity index (χ0n) is 38.4. The van der Waals surface area contributed by atoms with E-state index in [1.165, 1.54) is 26.2 Å². The van der Waals surface area contributed by atoms with Crippen molar-refractivity contribution in [3.63, 3.8) is 0 Å². The molecule has 3 fully saturated rings. The van der Waals surface area contributed by atoms with E-state index in [2.05, 4.69) is 10.0 Å². The minimum Gasteiger partial charge on any atom is -0.497 e. The number of rotatable bonds is 11. The van der Waals surface area contributed by atoms with E-state index in [1.54, 1.807) is 56.3 Å². The molecule has 4 aliphatic rings. The third kappa shape index (κ3) is 10.1. The molecule has 0 radical (unpaired) electrons. The quantitative estimate of drug-likeness (QED) is 0.128. The number of allylic oxidation sites excluding steroid dienone is 1. The van der Waals surface area contributed by atoms with Crippen LogP contribution in [0.5, 0.6) is 17.4 Å². The summed E-state index contributed by atoms with van der Waals surface area (Å²) >= 11 is 0. The molecule has 1 aromatic heterocycles. The molecular weight excluding hydrogens is 903 g/mol. The number of hydrogen-bond donors (Lipinski definition) is 3. The topological polar surface area (TPSA) is 194 Å². The minimum absolute atomic E-state index is 0.0148. The number of nitrogens with zero attached hydrogens (tertiary/aromatic N) is 3. The van der Waals surface area contributed by atoms with Crippen molar-refractivity contribution in [1.29, 1.82) is 0 Å². The number of sulfonamides is 1. The molecule has 364 valence electrons. The molecule has 3 aromatic rings. The zero-order valence-corrected chi connectivity index (χ0v) is 39.2. The third-order valence-corrected chi connectivity index (χ3v) is 15.0. The first kappa shape index (κ1) is 49.3. The van der Waals surface area contributed by atoms with Gasteiger partial charge in [-0.05, 0) is 126 Å². The number of amides is 4. The molecule has 0 spiro atoms. The number of carboxylic acid groups (broad SMARTS) is 1. The summed E-state index contributed by atoms with van der Waals surface area (Å²) in [5.74, 6) is -5.07. The Morgan fingerprint density at radius 3 is 2.39 bits per heavy atom. The fraction of sp³-hybridized carbons (Fsp3) is 0.553. The molecule has 15 nitrogen and oxygen atoms in total. The molecule has 7 atom stereocenters. The van der Waals surface area contributed by atoms with Crippen molar-refractivity contribution in [2.24, 2.45) is 17.8 Å². The van der Waals surface area contributed by atoms with E-state index in [1.807, 2.05) is 6.92 Å². The van der Waals surface area contributed by atoms with Crippen LogP contribution in [0.3, 0.4) is 0 Å². The second-order valence-electron chi connectivity index (χ2n) is 19.1. The number of methoxy groups -OCH3 is 1. The van der Waals surface area contributed by atoms with Gasteiger partial charge in [0.1, 0.15) is 35.0 Å². The Morgan fingerprint density at radius 1 is 1.04 bits per heavy atom. The Hall–Kier alpha value is -5.66. The highest BCUT2D eigenvalue weighted by molar-refractivity contribution is 7.91. The average molecular weight is 960 g/mol. The van der Waals surface area contributed by atoms with Crippen LogP contribution in [0, 0.1) is 23.6 Å². The smallest absolute Gasteiger partial charge is 0.411 e. The molecule has 2 aliphatic heterocycles. The molecule has 0 bridgehead atoms. The van der Waals surface area contributed by atoms with Crippen molar-refractivity contribution in [3.8, 4) is 28.6 Å². The van der Waals surface area contributed by atoms with Crippen LogP contribution in [0.2, 0.25) is 0 Å². The summed E-state index contributed by atoms with van der Waals surface area (Å²) in [4.78, 5) is 62.9. The van der Waals surface area contributed by atoms with Crippen LogP contribution < -0.4 is 24.2 Å². The maximum atomic E-state index is 15.4. The largest absolute Gasteiger partial charge is 0.497 e. The molecule has 2 aliphatic carbocycles. The Balaban J connectivity index is 1.32. The number of nitrogens with one attached hydrogen (secondary N) is 2. The van der Waals surface area contributed by atoms with Crippen LogP contribution >= 0.6 is 0 Å². The number of ether oxygens (including phenoxy) is 3. The maximum Gasteiger partial charge on any atom is 0.411 e. The van der Waals surface area contributed by atoms with E-state index in [4.69, 9.17) is 19.2 Å². The summed E-state index contributed by atoms with van der Waals surface area (Å²) < 4.78 is 106. The second kappa shape index (κ2) is 18.4. The molecule has 1 saturated heterocycles. The lowest BCUT2D eigenvalue weighted by Crippen LogP contribution is -2.66. The van der Waals surface area contributed by atoms with Gasteiger partial charge in [-0.2, -0.15) is 13.2 Å². The molecule has 7 rings (SSSR count). The number of benzene rings is 2. The van der Waals surface area contributed by atoms with Gasteiger partial charge in [-0.25, -0.2) is 22.6 Å². The number of halogens is 4. The number of carbonyl (C=O) groups excluding carboxylic acids is 3. The van der Waals surface area contributed by atoms with Crippen LogP contribution in [0.15, 0.2) is 54.6 Å². The van der Waals surface area contributed by atoms with Gasteiger partial charge in [0.15, 0.2) is 11.6 Å². The van der Waals surface area contributed by atoms with E-state index in [0.717, 1.165) is 4.90 Å². The molecule has 20 heteroatoms. The monoisotopic (exact) mass is 959 g/mol. The summed E-state index contributed by atoms with van der Waals surface area (Å²) in [6.07, 6.45) is -3.62. The van der Waals surface area contributed by atoms with Crippen molar-refractivity contribution < 1.29 is 64.5 Å². The molecule has 3 heterocycles. The molecule has 67 heavy (non-hydrogen) atoms. The molecule has 2 aromatic carbocycles. The number of aromatic nitrogens is 1. The number of pyridine rings is 1. The molecule has 0 unspecified atom stereocenters. The van der Waals surface area contributed by atoms with Gasteiger partial charge in [-0.1, -0.05) is 26.0 Å². The van der Waals surface area contributed by atoms with E-state index in [0.29, 0.717) is 61.6 Å². The summed E-state index contributed by atoms with van der Waals surface area (Å²) in [5, 5.41) is 13.5. The van der Waals surface area contributed by atoms with Crippen molar-refractivity contribution >= 4 is 44.6 Å². The van der Waals surface area contributed by atoms with Crippen molar-refractivity contribution in [3.05, 3.63) is 60.4 Å². The lowest BCUT2D eigenvalue weighted by molar-refractivity contribution is -0.222. The van der Waals surface area contributed by atoms with Crippen LogP contribution in [-0.4, -0.2) is 113 Å². The minimum atomic E-state index is -5.14. The summed E-state index contributed by atoms with van der Waals surface area (Å²) in [6, 6.07) is 7.47. The zero-order chi connectivity index (χ0) is 49.0.